The molecule has 2 aromatic carbocycles. The molecular weight excluding hydrogens is 240 g/mol. The van der Waals surface area contributed by atoms with Crippen LogP contribution in [0.5, 0.6) is 17.2 Å². The summed E-state index contributed by atoms with van der Waals surface area (Å²) in [6.07, 6.45) is 3.88. The number of rotatable bonds is 4. The highest BCUT2D eigenvalue weighted by molar-refractivity contribution is 5.76. The molecule has 0 aromatic heterocycles. The maximum Gasteiger partial charge on any atom is 0.133 e. The van der Waals surface area contributed by atoms with Gasteiger partial charge in [-0.15, -0.1) is 0 Å². The van der Waals surface area contributed by atoms with Crippen LogP contribution in [0.15, 0.2) is 42.5 Å². The number of hydrogen-bond donors (Lipinski definition) is 1. The lowest BCUT2D eigenvalue weighted by molar-refractivity contribution is 0.383. The van der Waals surface area contributed by atoms with Gasteiger partial charge in [0, 0.05) is 12.1 Å². The predicted molar refractivity (Wildman–Crippen MR) is 76.6 cm³/mol. The van der Waals surface area contributed by atoms with Crippen LogP contribution in [-0.4, -0.2) is 19.3 Å². The summed E-state index contributed by atoms with van der Waals surface area (Å²) in [7, 11) is 3.13. The quantitative estimate of drug-likeness (QED) is 0.850. The van der Waals surface area contributed by atoms with Crippen LogP contribution in [0, 0.1) is 0 Å². The minimum absolute atomic E-state index is 0.116. The first kappa shape index (κ1) is 13.0. The Morgan fingerprint density at radius 3 is 2.00 bits per heavy atom. The van der Waals surface area contributed by atoms with Crippen LogP contribution in [-0.2, 0) is 0 Å². The maximum absolute atomic E-state index is 9.58. The van der Waals surface area contributed by atoms with Crippen LogP contribution in [0.2, 0.25) is 0 Å². The summed E-state index contributed by atoms with van der Waals surface area (Å²) in [5.74, 6) is 1.26. The van der Waals surface area contributed by atoms with Crippen molar-refractivity contribution in [2.24, 2.45) is 0 Å². The average molecular weight is 256 g/mol. The smallest absolute Gasteiger partial charge is 0.133 e. The van der Waals surface area contributed by atoms with Crippen molar-refractivity contribution in [2.75, 3.05) is 14.2 Å². The Kier molecular flexibility index (Phi) is 4.08. The van der Waals surface area contributed by atoms with Crippen LogP contribution in [0.4, 0.5) is 0 Å². The van der Waals surface area contributed by atoms with Crippen LogP contribution >= 0.6 is 0 Å². The van der Waals surface area contributed by atoms with Gasteiger partial charge in [-0.1, -0.05) is 36.4 Å². The molecule has 0 amide bonds. The van der Waals surface area contributed by atoms with Crippen LogP contribution in [0.3, 0.4) is 0 Å². The zero-order valence-electron chi connectivity index (χ0n) is 11.0. The van der Waals surface area contributed by atoms with E-state index in [1.807, 2.05) is 42.5 Å². The molecule has 0 radical (unpaired) electrons. The van der Waals surface area contributed by atoms with E-state index in [0.29, 0.717) is 11.5 Å². The monoisotopic (exact) mass is 256 g/mol. The van der Waals surface area contributed by atoms with E-state index in [0.717, 1.165) is 11.1 Å². The molecule has 19 heavy (non-hydrogen) atoms. The van der Waals surface area contributed by atoms with Gasteiger partial charge in [0.05, 0.1) is 19.8 Å². The molecule has 0 unspecified atom stereocenters. The lowest BCUT2D eigenvalue weighted by Gasteiger charge is -2.10. The molecule has 3 nitrogen and oxygen atoms in total. The first-order valence-corrected chi connectivity index (χ1v) is 5.92. The number of benzene rings is 2. The highest BCUT2D eigenvalue weighted by Gasteiger charge is 2.09. The van der Waals surface area contributed by atoms with E-state index in [2.05, 4.69) is 0 Å². The summed E-state index contributed by atoms with van der Waals surface area (Å²) in [4.78, 5) is 0. The third kappa shape index (κ3) is 3.07. The van der Waals surface area contributed by atoms with Crippen molar-refractivity contribution in [3.8, 4) is 17.2 Å². The Hall–Kier alpha value is -2.42. The van der Waals surface area contributed by atoms with E-state index in [9.17, 15) is 5.11 Å². The van der Waals surface area contributed by atoms with E-state index in [1.54, 1.807) is 26.4 Å². The predicted octanol–water partition coefficient (Wildman–Crippen LogP) is 3.58. The van der Waals surface area contributed by atoms with Crippen molar-refractivity contribution in [1.29, 1.82) is 0 Å². The van der Waals surface area contributed by atoms with Crippen molar-refractivity contribution in [3.63, 3.8) is 0 Å². The molecule has 98 valence electrons. The first-order valence-electron chi connectivity index (χ1n) is 5.92. The molecule has 0 saturated carbocycles. The number of phenols is 1. The molecule has 0 bridgehead atoms. The second kappa shape index (κ2) is 5.96. The average Bonchev–Trinajstić information content (AvgIpc) is 2.46. The zero-order chi connectivity index (χ0) is 13.7. The van der Waals surface area contributed by atoms with Crippen molar-refractivity contribution < 1.29 is 14.6 Å². The van der Waals surface area contributed by atoms with Gasteiger partial charge in [-0.25, -0.2) is 0 Å². The SMILES string of the molecule is COc1cc(O)cc(OC)c1/C=C/c1ccccc1. The molecule has 3 heteroatoms. The van der Waals surface area contributed by atoms with Gasteiger partial charge in [0.15, 0.2) is 0 Å². The molecular formula is C16H16O3. The zero-order valence-corrected chi connectivity index (χ0v) is 11.0. The van der Waals surface area contributed by atoms with Gasteiger partial charge in [0.2, 0.25) is 0 Å². The summed E-state index contributed by atoms with van der Waals surface area (Å²) < 4.78 is 10.5. The van der Waals surface area contributed by atoms with Crippen molar-refractivity contribution in [2.45, 2.75) is 0 Å². The highest BCUT2D eigenvalue weighted by Crippen LogP contribution is 2.34. The second-order valence-corrected chi connectivity index (χ2v) is 4.01. The van der Waals surface area contributed by atoms with Gasteiger partial charge in [0.25, 0.3) is 0 Å². The summed E-state index contributed by atoms with van der Waals surface area (Å²) in [6.45, 7) is 0. The van der Waals surface area contributed by atoms with Crippen LogP contribution in [0.1, 0.15) is 11.1 Å². The Morgan fingerprint density at radius 1 is 0.895 bits per heavy atom. The molecule has 0 aliphatic carbocycles. The minimum atomic E-state index is 0.116. The molecule has 0 saturated heterocycles. The first-order chi connectivity index (χ1) is 9.24. The summed E-state index contributed by atoms with van der Waals surface area (Å²) in [5, 5.41) is 9.58. The van der Waals surface area contributed by atoms with Crippen molar-refractivity contribution >= 4 is 12.2 Å². The lowest BCUT2D eigenvalue weighted by atomic mass is 10.1. The molecule has 0 aliphatic heterocycles. The second-order valence-electron chi connectivity index (χ2n) is 4.01. The number of phenolic OH excluding ortho intramolecular Hbond substituents is 1. The van der Waals surface area contributed by atoms with Gasteiger partial charge in [-0.05, 0) is 11.6 Å². The van der Waals surface area contributed by atoms with Crippen LogP contribution in [0.25, 0.3) is 12.2 Å². The number of hydrogen-bond acceptors (Lipinski definition) is 3. The van der Waals surface area contributed by atoms with E-state index in [4.69, 9.17) is 9.47 Å². The third-order valence-corrected chi connectivity index (χ3v) is 2.77. The number of aromatic hydroxyl groups is 1. The Balaban J connectivity index is 2.41. The standard InChI is InChI=1S/C16H16O3/c1-18-15-10-13(17)11-16(19-2)14(15)9-8-12-6-4-3-5-7-12/h3-11,17H,1-2H3/b9-8+. The van der Waals surface area contributed by atoms with Crippen molar-refractivity contribution in [3.05, 3.63) is 53.6 Å². The Labute approximate surface area is 112 Å². The van der Waals surface area contributed by atoms with E-state index >= 15 is 0 Å². The largest absolute Gasteiger partial charge is 0.508 e. The maximum atomic E-state index is 9.58. The molecule has 0 aliphatic rings. The van der Waals surface area contributed by atoms with Gasteiger partial charge in [-0.2, -0.15) is 0 Å². The minimum Gasteiger partial charge on any atom is -0.508 e. The van der Waals surface area contributed by atoms with E-state index < -0.39 is 0 Å². The molecule has 0 atom stereocenters. The van der Waals surface area contributed by atoms with Crippen molar-refractivity contribution in [1.82, 2.24) is 0 Å². The molecule has 2 rings (SSSR count). The van der Waals surface area contributed by atoms with Gasteiger partial charge >= 0.3 is 0 Å². The topological polar surface area (TPSA) is 38.7 Å². The lowest BCUT2D eigenvalue weighted by Crippen LogP contribution is -1.92. The van der Waals surface area contributed by atoms with Crippen LogP contribution < -0.4 is 9.47 Å². The molecule has 2 aromatic rings. The normalized spacial score (nSPS) is 10.6. The fourth-order valence-corrected chi connectivity index (χ4v) is 1.83. The summed E-state index contributed by atoms with van der Waals surface area (Å²) in [5.41, 5.74) is 1.88. The third-order valence-electron chi connectivity index (χ3n) is 2.77. The van der Waals surface area contributed by atoms with E-state index in [1.165, 1.54) is 0 Å². The molecule has 0 fully saturated rings. The fourth-order valence-electron chi connectivity index (χ4n) is 1.83. The highest BCUT2D eigenvalue weighted by atomic mass is 16.5. The number of methoxy groups -OCH3 is 2. The Morgan fingerprint density at radius 2 is 1.47 bits per heavy atom. The van der Waals surface area contributed by atoms with E-state index in [-0.39, 0.29) is 5.75 Å². The summed E-state index contributed by atoms with van der Waals surface area (Å²) >= 11 is 0. The Bertz CT molecular complexity index is 549. The molecule has 0 spiro atoms. The van der Waals surface area contributed by atoms with Gasteiger partial charge in [0.1, 0.15) is 17.2 Å². The van der Waals surface area contributed by atoms with Gasteiger partial charge in [-0.3, -0.25) is 0 Å². The molecule has 1 N–H and O–H groups in total. The number of ether oxygens (including phenoxy) is 2. The van der Waals surface area contributed by atoms with Gasteiger partial charge < -0.3 is 14.6 Å². The summed E-state index contributed by atoms with van der Waals surface area (Å²) in [6, 6.07) is 13.1. The molecule has 0 heterocycles. The fraction of sp³-hybridized carbons (Fsp3) is 0.125.